The smallest absolute Gasteiger partial charge is 0.226 e. The molecule has 3 aliphatic rings. The van der Waals surface area contributed by atoms with Crippen molar-refractivity contribution in [2.24, 2.45) is 11.8 Å². The average Bonchev–Trinajstić information content (AvgIpc) is 3.10. The lowest BCUT2D eigenvalue weighted by atomic mass is 9.87. The van der Waals surface area contributed by atoms with Crippen molar-refractivity contribution in [3.63, 3.8) is 0 Å². The molecule has 4 rings (SSSR count). The number of morpholine rings is 1. The van der Waals surface area contributed by atoms with Crippen LogP contribution in [0.3, 0.4) is 0 Å². The first kappa shape index (κ1) is 21.4. The van der Waals surface area contributed by atoms with Crippen molar-refractivity contribution in [3.8, 4) is 0 Å². The van der Waals surface area contributed by atoms with E-state index in [9.17, 15) is 14.4 Å². The quantitative estimate of drug-likeness (QED) is 0.786. The van der Waals surface area contributed by atoms with Gasteiger partial charge in [-0.15, -0.1) is 0 Å². The summed E-state index contributed by atoms with van der Waals surface area (Å²) in [6.07, 6.45) is 7.08. The highest BCUT2D eigenvalue weighted by Gasteiger charge is 2.37. The van der Waals surface area contributed by atoms with Crippen LogP contribution >= 0.6 is 11.3 Å². The molecule has 0 bridgehead atoms. The Morgan fingerprint density at radius 2 is 1.83 bits per heavy atom. The fourth-order valence-electron chi connectivity index (χ4n) is 5.00. The summed E-state index contributed by atoms with van der Waals surface area (Å²) in [5, 5.41) is 3.37. The molecule has 1 aliphatic heterocycles. The number of thiazole rings is 1. The van der Waals surface area contributed by atoms with Gasteiger partial charge < -0.3 is 15.0 Å². The summed E-state index contributed by atoms with van der Waals surface area (Å²) in [6, 6.07) is 0. The third kappa shape index (κ3) is 4.91. The fraction of sp³-hybridized carbons (Fsp3) is 0.727. The Kier molecular flexibility index (Phi) is 6.53. The Labute approximate surface area is 181 Å². The van der Waals surface area contributed by atoms with Gasteiger partial charge in [0.1, 0.15) is 0 Å². The first-order valence-corrected chi connectivity index (χ1v) is 12.0. The van der Waals surface area contributed by atoms with E-state index in [1.54, 1.807) is 0 Å². The number of hydrogen-bond donors (Lipinski definition) is 1. The molecule has 1 N–H and O–H groups in total. The number of fused-ring (bicyclic) bond motifs is 1. The number of aromatic nitrogens is 1. The van der Waals surface area contributed by atoms with Gasteiger partial charge in [0.05, 0.1) is 28.7 Å². The molecule has 3 atom stereocenters. The number of amides is 2. The molecule has 1 aromatic rings. The maximum absolute atomic E-state index is 13.0. The maximum atomic E-state index is 13.0. The van der Waals surface area contributed by atoms with Gasteiger partial charge in [0.15, 0.2) is 10.9 Å². The summed E-state index contributed by atoms with van der Waals surface area (Å²) in [6.45, 7) is 5.03. The van der Waals surface area contributed by atoms with E-state index in [2.05, 4.69) is 10.3 Å². The van der Waals surface area contributed by atoms with Crippen molar-refractivity contribution < 1.29 is 19.1 Å². The van der Waals surface area contributed by atoms with Gasteiger partial charge in [-0.25, -0.2) is 4.98 Å². The Hall–Kier alpha value is -1.80. The molecule has 0 radical (unpaired) electrons. The summed E-state index contributed by atoms with van der Waals surface area (Å²) in [5.41, 5.74) is 0.650. The number of hydrogen-bond acceptors (Lipinski definition) is 6. The van der Waals surface area contributed by atoms with Crippen LogP contribution in [0.5, 0.6) is 0 Å². The van der Waals surface area contributed by atoms with Crippen molar-refractivity contribution in [1.29, 1.82) is 0 Å². The normalized spacial score (nSPS) is 27.6. The molecule has 1 saturated carbocycles. The summed E-state index contributed by atoms with van der Waals surface area (Å²) < 4.78 is 5.71. The predicted molar refractivity (Wildman–Crippen MR) is 115 cm³/mol. The molecule has 2 fully saturated rings. The van der Waals surface area contributed by atoms with E-state index in [0.29, 0.717) is 47.6 Å². The average molecular weight is 434 g/mol. The van der Waals surface area contributed by atoms with Gasteiger partial charge in [-0.2, -0.15) is 0 Å². The second-order valence-electron chi connectivity index (χ2n) is 9.08. The summed E-state index contributed by atoms with van der Waals surface area (Å²) in [4.78, 5) is 45.1. The minimum atomic E-state index is -0.379. The molecular weight excluding hydrogens is 402 g/mol. The molecule has 1 aromatic heterocycles. The molecule has 8 heteroatoms. The second-order valence-corrected chi connectivity index (χ2v) is 10.1. The highest BCUT2D eigenvalue weighted by atomic mass is 32.1. The van der Waals surface area contributed by atoms with Gasteiger partial charge in [-0.1, -0.05) is 30.6 Å². The van der Waals surface area contributed by atoms with E-state index in [0.717, 1.165) is 12.8 Å². The molecule has 2 aliphatic carbocycles. The van der Waals surface area contributed by atoms with Crippen LogP contribution in [0, 0.1) is 11.8 Å². The van der Waals surface area contributed by atoms with Gasteiger partial charge in [0, 0.05) is 32.4 Å². The Morgan fingerprint density at radius 3 is 2.53 bits per heavy atom. The Balaban J connectivity index is 1.38. The van der Waals surface area contributed by atoms with Crippen molar-refractivity contribution in [2.45, 2.75) is 77.4 Å². The number of nitrogens with zero attached hydrogens (tertiary/aromatic N) is 2. The number of anilines is 1. The van der Waals surface area contributed by atoms with Gasteiger partial charge in [-0.3, -0.25) is 14.4 Å². The van der Waals surface area contributed by atoms with Gasteiger partial charge >= 0.3 is 0 Å². The maximum Gasteiger partial charge on any atom is 0.226 e. The van der Waals surface area contributed by atoms with Crippen LogP contribution in [0.4, 0.5) is 5.13 Å². The van der Waals surface area contributed by atoms with Gasteiger partial charge in [0.25, 0.3) is 0 Å². The summed E-state index contributed by atoms with van der Waals surface area (Å²) in [5.74, 6) is 0.0103. The zero-order chi connectivity index (χ0) is 21.3. The number of carbonyl (C=O) groups excluding carboxylic acids is 3. The van der Waals surface area contributed by atoms with Crippen LogP contribution in [0.15, 0.2) is 0 Å². The third-order valence-corrected chi connectivity index (χ3v) is 7.40. The van der Waals surface area contributed by atoms with Crippen LogP contribution in [0.2, 0.25) is 0 Å². The largest absolute Gasteiger partial charge is 0.372 e. The molecule has 0 spiro atoms. The van der Waals surface area contributed by atoms with Crippen LogP contribution in [0.25, 0.3) is 0 Å². The van der Waals surface area contributed by atoms with Crippen LogP contribution in [-0.2, 0) is 20.7 Å². The van der Waals surface area contributed by atoms with E-state index in [1.807, 2.05) is 18.7 Å². The monoisotopic (exact) mass is 433 g/mol. The van der Waals surface area contributed by atoms with E-state index in [4.69, 9.17) is 4.74 Å². The van der Waals surface area contributed by atoms with Crippen LogP contribution in [0.1, 0.15) is 74.2 Å². The summed E-state index contributed by atoms with van der Waals surface area (Å²) in [7, 11) is 0. The standard InChI is InChI=1S/C22H31N3O4S/c1-13-11-25(12-14(2)29-13)21(28)16-9-17-20(18(26)10-16)30-22(23-17)24-19(27)8-15-6-4-3-5-7-15/h13-16H,3-12H2,1-2H3,(H,23,24,27)/t13-,14+,16?. The number of nitrogens with one attached hydrogen (secondary N) is 1. The first-order chi connectivity index (χ1) is 14.4. The van der Waals surface area contributed by atoms with Crippen molar-refractivity contribution in [3.05, 3.63) is 10.6 Å². The highest BCUT2D eigenvalue weighted by Crippen LogP contribution is 2.34. The molecule has 1 saturated heterocycles. The third-order valence-electron chi connectivity index (χ3n) is 6.35. The zero-order valence-electron chi connectivity index (χ0n) is 17.8. The van der Waals surface area contributed by atoms with E-state index >= 15 is 0 Å². The molecule has 0 aromatic carbocycles. The second kappa shape index (κ2) is 9.14. The number of carbonyl (C=O) groups is 3. The topological polar surface area (TPSA) is 88.6 Å². The molecule has 1 unspecified atom stereocenters. The van der Waals surface area contributed by atoms with E-state index in [-0.39, 0.29) is 42.1 Å². The number of ether oxygens (including phenoxy) is 1. The lowest BCUT2D eigenvalue weighted by molar-refractivity contribution is -0.147. The first-order valence-electron chi connectivity index (χ1n) is 11.2. The number of ketones is 1. The Bertz CT molecular complexity index is 807. The molecule has 7 nitrogen and oxygen atoms in total. The fourth-order valence-corrected chi connectivity index (χ4v) is 5.96. The number of Topliss-reactive ketones (excluding diaryl/α,β-unsaturated/α-hetero) is 1. The molecule has 2 heterocycles. The summed E-state index contributed by atoms with van der Waals surface area (Å²) >= 11 is 1.25. The van der Waals surface area contributed by atoms with Crippen molar-refractivity contribution >= 4 is 34.1 Å². The highest BCUT2D eigenvalue weighted by molar-refractivity contribution is 7.17. The lowest BCUT2D eigenvalue weighted by Gasteiger charge is -2.37. The Morgan fingerprint density at radius 1 is 1.13 bits per heavy atom. The molecule has 164 valence electrons. The number of rotatable bonds is 4. The van der Waals surface area contributed by atoms with Gasteiger partial charge in [0.2, 0.25) is 11.8 Å². The minimum absolute atomic E-state index is 0.00203. The lowest BCUT2D eigenvalue weighted by Crippen LogP contribution is -2.51. The van der Waals surface area contributed by atoms with E-state index in [1.165, 1.54) is 30.6 Å². The zero-order valence-corrected chi connectivity index (χ0v) is 18.6. The molecule has 2 amide bonds. The SMILES string of the molecule is C[C@@H]1CN(C(=O)C2CC(=O)c3sc(NC(=O)CC4CCCCC4)nc3C2)C[C@H](C)O1. The van der Waals surface area contributed by atoms with E-state index < -0.39 is 0 Å². The van der Waals surface area contributed by atoms with Crippen molar-refractivity contribution in [1.82, 2.24) is 9.88 Å². The minimum Gasteiger partial charge on any atom is -0.372 e. The molecule has 30 heavy (non-hydrogen) atoms. The predicted octanol–water partition coefficient (Wildman–Crippen LogP) is 3.43. The van der Waals surface area contributed by atoms with Crippen LogP contribution in [-0.4, -0.2) is 52.8 Å². The molecular formula is C22H31N3O4S. The van der Waals surface area contributed by atoms with Gasteiger partial charge in [-0.05, 0) is 32.6 Å². The van der Waals surface area contributed by atoms with Crippen LogP contribution < -0.4 is 5.32 Å². The van der Waals surface area contributed by atoms with Crippen molar-refractivity contribution in [2.75, 3.05) is 18.4 Å².